The van der Waals surface area contributed by atoms with Gasteiger partial charge in [-0.25, -0.2) is 4.98 Å². The maximum absolute atomic E-state index is 13.3. The highest BCUT2D eigenvalue weighted by Crippen LogP contribution is 2.32. The van der Waals surface area contributed by atoms with E-state index in [1.54, 1.807) is 36.8 Å². The van der Waals surface area contributed by atoms with Gasteiger partial charge < -0.3 is 10.2 Å². The van der Waals surface area contributed by atoms with E-state index in [4.69, 9.17) is 5.10 Å². The molecule has 1 unspecified atom stereocenters. The van der Waals surface area contributed by atoms with Gasteiger partial charge in [0, 0.05) is 42.8 Å². The number of nitrogens with one attached hydrogen (secondary N) is 1. The molecule has 36 heavy (non-hydrogen) atoms. The Hall–Kier alpha value is -4.27. The van der Waals surface area contributed by atoms with Crippen LogP contribution in [0.1, 0.15) is 52.0 Å². The van der Waals surface area contributed by atoms with Gasteiger partial charge in [0.1, 0.15) is 11.3 Å². The van der Waals surface area contributed by atoms with Crippen molar-refractivity contribution in [2.45, 2.75) is 39.3 Å². The number of amides is 2. The van der Waals surface area contributed by atoms with Crippen molar-refractivity contribution in [1.29, 1.82) is 0 Å². The summed E-state index contributed by atoms with van der Waals surface area (Å²) in [6, 6.07) is 9.44. The molecule has 3 aromatic rings. The zero-order valence-electron chi connectivity index (χ0n) is 20.9. The Labute approximate surface area is 209 Å². The third-order valence-electron chi connectivity index (χ3n) is 6.44. The Kier molecular flexibility index (Phi) is 6.13. The molecule has 1 aliphatic carbocycles. The van der Waals surface area contributed by atoms with Crippen molar-refractivity contribution in [3.63, 3.8) is 0 Å². The van der Waals surface area contributed by atoms with Gasteiger partial charge in [0.05, 0.1) is 30.2 Å². The monoisotopic (exact) mass is 483 g/mol. The zero-order chi connectivity index (χ0) is 25.4. The lowest BCUT2D eigenvalue weighted by molar-refractivity contribution is 0.0827. The minimum Gasteiger partial charge on any atom is -0.345 e. The summed E-state index contributed by atoms with van der Waals surface area (Å²) in [6.07, 6.45) is 8.84. The predicted octanol–water partition coefficient (Wildman–Crippen LogP) is 3.33. The van der Waals surface area contributed by atoms with E-state index >= 15 is 0 Å². The predicted molar refractivity (Wildman–Crippen MR) is 137 cm³/mol. The molecule has 3 aromatic heterocycles. The first-order chi connectivity index (χ1) is 17.4. The molecule has 0 bridgehead atoms. The summed E-state index contributed by atoms with van der Waals surface area (Å²) in [7, 11) is 3.40. The molecule has 1 atom stereocenters. The Balaban J connectivity index is 1.41. The number of nitrogens with zero attached hydrogens (tertiary/aromatic N) is 6. The van der Waals surface area contributed by atoms with E-state index in [2.05, 4.69) is 33.3 Å². The maximum Gasteiger partial charge on any atom is 0.274 e. The van der Waals surface area contributed by atoms with Gasteiger partial charge in [-0.3, -0.25) is 24.0 Å². The minimum absolute atomic E-state index is 0.0457. The molecule has 2 aliphatic rings. The van der Waals surface area contributed by atoms with Gasteiger partial charge in [-0.05, 0) is 50.1 Å². The van der Waals surface area contributed by atoms with Gasteiger partial charge in [0.2, 0.25) is 0 Å². The molecule has 1 N–H and O–H groups in total. The zero-order valence-corrected chi connectivity index (χ0v) is 20.9. The molecule has 0 spiro atoms. The van der Waals surface area contributed by atoms with Crippen LogP contribution in [-0.4, -0.2) is 61.9 Å². The largest absolute Gasteiger partial charge is 0.345 e. The lowest BCUT2D eigenvalue weighted by Gasteiger charge is -2.27. The fourth-order valence-corrected chi connectivity index (χ4v) is 4.69. The molecule has 0 saturated heterocycles. The van der Waals surface area contributed by atoms with Crippen molar-refractivity contribution in [2.75, 3.05) is 14.1 Å². The average Bonchev–Trinajstić information content (AvgIpc) is 3.45. The van der Waals surface area contributed by atoms with Crippen molar-refractivity contribution < 1.29 is 9.59 Å². The molecule has 0 aromatic carbocycles. The van der Waals surface area contributed by atoms with Gasteiger partial charge in [-0.15, -0.1) is 0 Å². The van der Waals surface area contributed by atoms with Crippen molar-refractivity contribution in [1.82, 2.24) is 29.6 Å². The first-order valence-corrected chi connectivity index (χ1v) is 12.0. The minimum atomic E-state index is -0.267. The SMILES string of the molecule is CCC1=NN(Cc2cccc(C)n2)C2CC=CC(NC(=O)c3cnc4cc(C(=O)N(C)C)ccn34)=C12. The summed E-state index contributed by atoms with van der Waals surface area (Å²) in [5.41, 5.74) is 6.17. The number of hydrazone groups is 1. The van der Waals surface area contributed by atoms with Crippen LogP contribution in [0.5, 0.6) is 0 Å². The van der Waals surface area contributed by atoms with Crippen LogP contribution in [0.4, 0.5) is 0 Å². The number of hydrogen-bond donors (Lipinski definition) is 1. The first-order valence-electron chi connectivity index (χ1n) is 12.0. The van der Waals surface area contributed by atoms with Crippen molar-refractivity contribution in [3.05, 3.63) is 88.8 Å². The van der Waals surface area contributed by atoms with Crippen LogP contribution in [0.3, 0.4) is 0 Å². The fraction of sp³-hybridized carbons (Fsp3) is 0.296. The molecule has 0 radical (unpaired) electrons. The number of pyridine rings is 2. The van der Waals surface area contributed by atoms with E-state index in [-0.39, 0.29) is 17.9 Å². The van der Waals surface area contributed by atoms with Crippen LogP contribution < -0.4 is 5.32 Å². The summed E-state index contributed by atoms with van der Waals surface area (Å²) in [6.45, 7) is 4.67. The molecule has 2 amide bonds. The Bertz CT molecular complexity index is 1450. The highest BCUT2D eigenvalue weighted by molar-refractivity contribution is 6.05. The second-order valence-electron chi connectivity index (χ2n) is 9.19. The average molecular weight is 484 g/mol. The van der Waals surface area contributed by atoms with E-state index in [0.29, 0.717) is 23.4 Å². The van der Waals surface area contributed by atoms with E-state index in [0.717, 1.165) is 41.2 Å². The number of allylic oxidation sites excluding steroid dienone is 1. The third kappa shape index (κ3) is 4.28. The molecule has 4 heterocycles. The number of aromatic nitrogens is 3. The third-order valence-corrected chi connectivity index (χ3v) is 6.44. The summed E-state index contributed by atoms with van der Waals surface area (Å²) < 4.78 is 1.69. The second kappa shape index (κ2) is 9.41. The summed E-state index contributed by atoms with van der Waals surface area (Å²) in [4.78, 5) is 36.1. The summed E-state index contributed by atoms with van der Waals surface area (Å²) in [5, 5.41) is 10.1. The first kappa shape index (κ1) is 23.5. The van der Waals surface area contributed by atoms with Crippen molar-refractivity contribution in [3.8, 4) is 0 Å². The lowest BCUT2D eigenvalue weighted by Crippen LogP contribution is -2.34. The molecule has 184 valence electrons. The normalized spacial score (nSPS) is 16.8. The topological polar surface area (TPSA) is 95.2 Å². The number of hydrogen-bond acceptors (Lipinski definition) is 6. The summed E-state index contributed by atoms with van der Waals surface area (Å²) >= 11 is 0. The van der Waals surface area contributed by atoms with Gasteiger partial charge in [-0.2, -0.15) is 5.10 Å². The van der Waals surface area contributed by atoms with Crippen LogP contribution in [0.25, 0.3) is 5.65 Å². The van der Waals surface area contributed by atoms with Crippen molar-refractivity contribution in [2.24, 2.45) is 5.10 Å². The Morgan fingerprint density at radius 3 is 2.81 bits per heavy atom. The van der Waals surface area contributed by atoms with Gasteiger partial charge >= 0.3 is 0 Å². The maximum atomic E-state index is 13.3. The molecule has 0 saturated carbocycles. The molecule has 1 aliphatic heterocycles. The quantitative estimate of drug-likeness (QED) is 0.580. The van der Waals surface area contributed by atoms with Crippen molar-refractivity contribution >= 4 is 23.2 Å². The number of carbonyl (C=O) groups excluding carboxylic acids is 2. The molecule has 0 fully saturated rings. The highest BCUT2D eigenvalue weighted by Gasteiger charge is 2.35. The second-order valence-corrected chi connectivity index (χ2v) is 9.19. The van der Waals surface area contributed by atoms with Crippen LogP contribution in [-0.2, 0) is 6.54 Å². The smallest absolute Gasteiger partial charge is 0.274 e. The van der Waals surface area contributed by atoms with Crippen LogP contribution in [0, 0.1) is 6.92 Å². The number of carbonyl (C=O) groups is 2. The molecule has 9 nitrogen and oxygen atoms in total. The molecular weight excluding hydrogens is 454 g/mol. The molecular formula is C27H29N7O2. The number of aryl methyl sites for hydroxylation is 1. The number of imidazole rings is 1. The van der Waals surface area contributed by atoms with E-state index in [9.17, 15) is 9.59 Å². The van der Waals surface area contributed by atoms with Gasteiger partial charge in [0.25, 0.3) is 11.8 Å². The number of rotatable bonds is 6. The fourth-order valence-electron chi connectivity index (χ4n) is 4.69. The van der Waals surface area contributed by atoms with Crippen LogP contribution >= 0.6 is 0 Å². The molecule has 5 rings (SSSR count). The van der Waals surface area contributed by atoms with Gasteiger partial charge in [-0.1, -0.05) is 19.1 Å². The van der Waals surface area contributed by atoms with Crippen LogP contribution in [0.2, 0.25) is 0 Å². The Morgan fingerprint density at radius 2 is 2.06 bits per heavy atom. The van der Waals surface area contributed by atoms with Gasteiger partial charge in [0.15, 0.2) is 0 Å². The Morgan fingerprint density at radius 1 is 1.22 bits per heavy atom. The van der Waals surface area contributed by atoms with E-state index < -0.39 is 0 Å². The standard InChI is InChI=1S/C27H29N7O2/c1-5-20-25-21(10-7-11-22(25)34(31-20)16-19-9-6-8-17(2)29-19)30-26(35)23-15-28-24-14-18(12-13-33(23)24)27(36)32(3)4/h6-10,12-15,22H,5,11,16H2,1-4H3,(H,30,35). The molecule has 9 heteroatoms. The van der Waals surface area contributed by atoms with Crippen LogP contribution in [0.15, 0.2) is 71.2 Å². The van der Waals surface area contributed by atoms with E-state index in [1.165, 1.54) is 11.1 Å². The van der Waals surface area contributed by atoms with E-state index in [1.807, 2.05) is 31.2 Å². The lowest BCUT2D eigenvalue weighted by atomic mass is 9.92. The highest BCUT2D eigenvalue weighted by atomic mass is 16.2. The number of fused-ring (bicyclic) bond motifs is 2. The summed E-state index contributed by atoms with van der Waals surface area (Å²) in [5.74, 6) is -0.383.